The van der Waals surface area contributed by atoms with Crippen LogP contribution in [0, 0.1) is 27.8 Å². The van der Waals surface area contributed by atoms with E-state index in [-0.39, 0.29) is 35.2 Å². The molecule has 0 aliphatic heterocycles. The summed E-state index contributed by atoms with van der Waals surface area (Å²) in [5, 5.41) is 17.2. The second-order valence-corrected chi connectivity index (χ2v) is 8.45. The molecule has 1 aliphatic rings. The van der Waals surface area contributed by atoms with Gasteiger partial charge < -0.3 is 15.4 Å². The van der Waals surface area contributed by atoms with Crippen molar-refractivity contribution in [2.24, 2.45) is 11.8 Å². The highest BCUT2D eigenvalue weighted by molar-refractivity contribution is 5.92. The van der Waals surface area contributed by atoms with Crippen LogP contribution in [0.4, 0.5) is 27.4 Å². The van der Waals surface area contributed by atoms with Gasteiger partial charge in [0.05, 0.1) is 35.5 Å². The number of halogens is 1. The number of nitrogens with one attached hydrogen (secondary N) is 2. The standard InChI is InChI=1S/C25H24FN5O5/c1-36-25(33)17-4-2-16(3-5-17)24(32)30-22-13-10-19(14-27-22)28-23-21(31(34)35)12-11-20(29-23)15-6-8-18(26)9-7-15/h6-14,16-17H,2-5H2,1H3,(H,28,29)(H,27,30,32). The Kier molecular flexibility index (Phi) is 7.47. The number of amides is 1. The molecule has 1 amide bonds. The van der Waals surface area contributed by atoms with Crippen molar-refractivity contribution in [3.8, 4) is 11.3 Å². The fourth-order valence-electron chi connectivity index (χ4n) is 4.14. The summed E-state index contributed by atoms with van der Waals surface area (Å²) in [6.45, 7) is 0. The van der Waals surface area contributed by atoms with Crippen LogP contribution in [0.2, 0.25) is 0 Å². The fraction of sp³-hybridized carbons (Fsp3) is 0.280. The topological polar surface area (TPSA) is 136 Å². The number of pyridine rings is 2. The van der Waals surface area contributed by atoms with Gasteiger partial charge in [0.2, 0.25) is 11.7 Å². The summed E-state index contributed by atoms with van der Waals surface area (Å²) in [5.41, 5.74) is 1.23. The minimum Gasteiger partial charge on any atom is -0.469 e. The number of nitro groups is 1. The van der Waals surface area contributed by atoms with Gasteiger partial charge in [0, 0.05) is 17.5 Å². The van der Waals surface area contributed by atoms with Gasteiger partial charge in [0.1, 0.15) is 11.6 Å². The summed E-state index contributed by atoms with van der Waals surface area (Å²) in [7, 11) is 1.36. The maximum Gasteiger partial charge on any atom is 0.311 e. The lowest BCUT2D eigenvalue weighted by atomic mass is 9.81. The van der Waals surface area contributed by atoms with Crippen LogP contribution in [0.3, 0.4) is 0 Å². The first kappa shape index (κ1) is 24.7. The zero-order valence-electron chi connectivity index (χ0n) is 19.4. The first-order valence-electron chi connectivity index (χ1n) is 11.4. The number of carbonyl (C=O) groups excluding carboxylic acids is 2. The Labute approximate surface area is 206 Å². The molecular weight excluding hydrogens is 469 g/mol. The number of rotatable bonds is 7. The van der Waals surface area contributed by atoms with Crippen LogP contribution in [0.5, 0.6) is 0 Å². The number of esters is 1. The van der Waals surface area contributed by atoms with Gasteiger partial charge in [-0.25, -0.2) is 14.4 Å². The third kappa shape index (κ3) is 5.80. The first-order chi connectivity index (χ1) is 17.3. The summed E-state index contributed by atoms with van der Waals surface area (Å²) in [5.74, 6) is -0.849. The third-order valence-corrected chi connectivity index (χ3v) is 6.12. The van der Waals surface area contributed by atoms with E-state index in [0.717, 1.165) is 0 Å². The highest BCUT2D eigenvalue weighted by atomic mass is 19.1. The van der Waals surface area contributed by atoms with Gasteiger partial charge in [-0.15, -0.1) is 0 Å². The van der Waals surface area contributed by atoms with Gasteiger partial charge in [-0.3, -0.25) is 19.7 Å². The predicted molar refractivity (Wildman–Crippen MR) is 130 cm³/mol. The number of carbonyl (C=O) groups is 2. The number of hydrogen-bond acceptors (Lipinski definition) is 8. The molecule has 2 heterocycles. The minimum atomic E-state index is -0.555. The van der Waals surface area contributed by atoms with E-state index in [2.05, 4.69) is 20.6 Å². The Morgan fingerprint density at radius 2 is 1.72 bits per heavy atom. The zero-order valence-corrected chi connectivity index (χ0v) is 19.4. The lowest BCUT2D eigenvalue weighted by Crippen LogP contribution is -2.30. The lowest BCUT2D eigenvalue weighted by molar-refractivity contribution is -0.384. The highest BCUT2D eigenvalue weighted by Gasteiger charge is 2.30. The Balaban J connectivity index is 1.42. The molecular formula is C25H24FN5O5. The largest absolute Gasteiger partial charge is 0.469 e. The van der Waals surface area contributed by atoms with Crippen molar-refractivity contribution < 1.29 is 23.6 Å². The SMILES string of the molecule is COC(=O)C1CCC(C(=O)Nc2ccc(Nc3nc(-c4ccc(F)cc4)ccc3[N+](=O)[O-])cn2)CC1. The molecule has 0 atom stereocenters. The molecule has 10 nitrogen and oxygen atoms in total. The van der Waals surface area contributed by atoms with Crippen LogP contribution in [-0.2, 0) is 14.3 Å². The summed E-state index contributed by atoms with van der Waals surface area (Å²) in [6, 6.07) is 11.7. The second kappa shape index (κ2) is 10.9. The monoisotopic (exact) mass is 493 g/mol. The Morgan fingerprint density at radius 3 is 2.33 bits per heavy atom. The molecule has 0 spiro atoms. The number of methoxy groups -OCH3 is 1. The molecule has 0 radical (unpaired) electrons. The summed E-state index contributed by atoms with van der Waals surface area (Å²) in [6.07, 6.45) is 3.81. The van der Waals surface area contributed by atoms with E-state index in [9.17, 15) is 24.1 Å². The van der Waals surface area contributed by atoms with E-state index >= 15 is 0 Å². The molecule has 1 aliphatic carbocycles. The van der Waals surface area contributed by atoms with Crippen LogP contribution in [0.15, 0.2) is 54.7 Å². The molecule has 3 aromatic rings. The fourth-order valence-corrected chi connectivity index (χ4v) is 4.14. The summed E-state index contributed by atoms with van der Waals surface area (Å²) >= 11 is 0. The number of aromatic nitrogens is 2. The minimum absolute atomic E-state index is 0.00257. The van der Waals surface area contributed by atoms with Gasteiger partial charge in [-0.05, 0) is 68.1 Å². The average Bonchev–Trinajstić information content (AvgIpc) is 2.89. The summed E-state index contributed by atoms with van der Waals surface area (Å²) in [4.78, 5) is 43.8. The van der Waals surface area contributed by atoms with Gasteiger partial charge in [-0.2, -0.15) is 0 Å². The molecule has 1 fully saturated rings. The number of benzene rings is 1. The maximum atomic E-state index is 13.2. The van der Waals surface area contributed by atoms with Crippen molar-refractivity contribution in [2.45, 2.75) is 25.7 Å². The Bertz CT molecular complexity index is 1260. The molecule has 2 aromatic heterocycles. The van der Waals surface area contributed by atoms with Gasteiger partial charge in [0.25, 0.3) is 0 Å². The van der Waals surface area contributed by atoms with Crippen molar-refractivity contribution in [1.29, 1.82) is 0 Å². The molecule has 0 bridgehead atoms. The molecule has 2 N–H and O–H groups in total. The van der Waals surface area contributed by atoms with E-state index in [0.29, 0.717) is 48.4 Å². The quantitative estimate of drug-likeness (QED) is 0.271. The average molecular weight is 493 g/mol. The molecule has 0 saturated heterocycles. The number of hydrogen-bond donors (Lipinski definition) is 2. The van der Waals surface area contributed by atoms with Gasteiger partial charge in [0.15, 0.2) is 0 Å². The normalized spacial score (nSPS) is 17.2. The van der Waals surface area contributed by atoms with Crippen LogP contribution in [0.25, 0.3) is 11.3 Å². The van der Waals surface area contributed by atoms with E-state index in [1.54, 1.807) is 12.1 Å². The van der Waals surface area contributed by atoms with E-state index in [1.807, 2.05) is 0 Å². The van der Waals surface area contributed by atoms with Crippen molar-refractivity contribution >= 4 is 34.9 Å². The highest BCUT2D eigenvalue weighted by Crippen LogP contribution is 2.31. The van der Waals surface area contributed by atoms with Crippen molar-refractivity contribution in [2.75, 3.05) is 17.7 Å². The molecule has 4 rings (SSSR count). The van der Waals surface area contributed by atoms with Gasteiger partial charge in [-0.1, -0.05) is 0 Å². The van der Waals surface area contributed by atoms with Crippen molar-refractivity contribution in [1.82, 2.24) is 9.97 Å². The Hall–Kier alpha value is -4.41. The molecule has 0 unspecified atom stereocenters. The van der Waals surface area contributed by atoms with E-state index < -0.39 is 10.7 Å². The van der Waals surface area contributed by atoms with Gasteiger partial charge >= 0.3 is 11.7 Å². The van der Waals surface area contributed by atoms with Crippen molar-refractivity contribution in [3.05, 3.63) is 70.7 Å². The summed E-state index contributed by atoms with van der Waals surface area (Å²) < 4.78 is 18.0. The van der Waals surface area contributed by atoms with Crippen LogP contribution in [-0.4, -0.2) is 33.9 Å². The van der Waals surface area contributed by atoms with Crippen LogP contribution < -0.4 is 10.6 Å². The van der Waals surface area contributed by atoms with Crippen LogP contribution in [0.1, 0.15) is 25.7 Å². The molecule has 1 aromatic carbocycles. The van der Waals surface area contributed by atoms with E-state index in [4.69, 9.17) is 4.74 Å². The van der Waals surface area contributed by atoms with E-state index in [1.165, 1.54) is 49.7 Å². The predicted octanol–water partition coefficient (Wildman–Crippen LogP) is 4.85. The smallest absolute Gasteiger partial charge is 0.311 e. The number of nitrogens with zero attached hydrogens (tertiary/aromatic N) is 3. The maximum absolute atomic E-state index is 13.2. The number of anilines is 3. The molecule has 36 heavy (non-hydrogen) atoms. The van der Waals surface area contributed by atoms with Crippen LogP contribution >= 0.6 is 0 Å². The van der Waals surface area contributed by atoms with Crippen molar-refractivity contribution in [3.63, 3.8) is 0 Å². The first-order valence-corrected chi connectivity index (χ1v) is 11.4. The molecule has 186 valence electrons. The number of ether oxygens (including phenoxy) is 1. The molecule has 1 saturated carbocycles. The Morgan fingerprint density at radius 1 is 1.03 bits per heavy atom. The second-order valence-electron chi connectivity index (χ2n) is 8.45. The lowest BCUT2D eigenvalue weighted by Gasteiger charge is -2.25. The third-order valence-electron chi connectivity index (χ3n) is 6.12. The zero-order chi connectivity index (χ0) is 25.7. The molecule has 11 heteroatoms.